The summed E-state index contributed by atoms with van der Waals surface area (Å²) in [6.07, 6.45) is 1.58. The molecule has 1 N–H and O–H groups in total. The van der Waals surface area contributed by atoms with E-state index in [1.807, 2.05) is 24.3 Å². The number of carbonyl (C=O) groups is 1. The summed E-state index contributed by atoms with van der Waals surface area (Å²) in [5.41, 5.74) is 5.89. The van der Waals surface area contributed by atoms with Crippen LogP contribution in [-0.4, -0.2) is 21.6 Å². The van der Waals surface area contributed by atoms with E-state index in [0.717, 1.165) is 23.0 Å². The first-order valence-corrected chi connectivity index (χ1v) is 9.17. The average Bonchev–Trinajstić information content (AvgIpc) is 3.07. The zero-order chi connectivity index (χ0) is 20.4. The van der Waals surface area contributed by atoms with Crippen LogP contribution in [0.15, 0.2) is 71.8 Å². The van der Waals surface area contributed by atoms with Gasteiger partial charge >= 0.3 is 0 Å². The van der Waals surface area contributed by atoms with Gasteiger partial charge in [-0.25, -0.2) is 5.43 Å². The molecule has 4 aromatic rings. The van der Waals surface area contributed by atoms with Crippen molar-refractivity contribution in [2.45, 2.75) is 13.5 Å². The minimum Gasteiger partial charge on any atom is -0.341 e. The first kappa shape index (κ1) is 18.4. The zero-order valence-electron chi connectivity index (χ0n) is 15.7. The van der Waals surface area contributed by atoms with Crippen LogP contribution in [0.25, 0.3) is 21.8 Å². The molecular formula is C22H18N4O3. The van der Waals surface area contributed by atoms with Crippen LogP contribution in [0.4, 0.5) is 5.69 Å². The zero-order valence-corrected chi connectivity index (χ0v) is 15.7. The van der Waals surface area contributed by atoms with Crippen molar-refractivity contribution in [3.05, 3.63) is 88.0 Å². The molecule has 0 atom stereocenters. The minimum atomic E-state index is -0.508. The Morgan fingerprint density at radius 2 is 1.79 bits per heavy atom. The third-order valence-corrected chi connectivity index (χ3v) is 4.83. The van der Waals surface area contributed by atoms with Crippen LogP contribution in [0, 0.1) is 10.1 Å². The molecule has 7 nitrogen and oxygen atoms in total. The van der Waals surface area contributed by atoms with E-state index in [-0.39, 0.29) is 5.69 Å². The summed E-state index contributed by atoms with van der Waals surface area (Å²) >= 11 is 0. The van der Waals surface area contributed by atoms with E-state index < -0.39 is 10.8 Å². The Morgan fingerprint density at radius 3 is 2.52 bits per heavy atom. The number of nitrogens with zero attached hydrogens (tertiary/aromatic N) is 3. The van der Waals surface area contributed by atoms with Crippen LogP contribution in [0.1, 0.15) is 22.8 Å². The molecule has 0 saturated carbocycles. The largest absolute Gasteiger partial charge is 0.341 e. The molecule has 7 heteroatoms. The Kier molecular flexibility index (Phi) is 4.78. The van der Waals surface area contributed by atoms with E-state index in [0.29, 0.717) is 5.56 Å². The van der Waals surface area contributed by atoms with Gasteiger partial charge in [0.2, 0.25) is 0 Å². The quantitative estimate of drug-likeness (QED) is 0.311. The lowest BCUT2D eigenvalue weighted by Gasteiger charge is -2.03. The maximum absolute atomic E-state index is 12.1. The van der Waals surface area contributed by atoms with Crippen molar-refractivity contribution in [2.24, 2.45) is 5.10 Å². The highest BCUT2D eigenvalue weighted by atomic mass is 16.6. The Labute approximate surface area is 166 Å². The van der Waals surface area contributed by atoms with Crippen LogP contribution in [0.2, 0.25) is 0 Å². The highest BCUT2D eigenvalue weighted by Gasteiger charge is 2.10. The SMILES string of the molecule is CCn1c2ccccc2c2cc(/C=N\NC(=O)c3ccc([N+](=O)[O-])cc3)ccc21. The highest BCUT2D eigenvalue weighted by Crippen LogP contribution is 2.29. The summed E-state index contributed by atoms with van der Waals surface area (Å²) in [5, 5.41) is 17.0. The van der Waals surface area contributed by atoms with E-state index in [1.54, 1.807) is 6.21 Å². The molecule has 0 radical (unpaired) electrons. The molecule has 1 heterocycles. The molecule has 0 unspecified atom stereocenters. The summed E-state index contributed by atoms with van der Waals surface area (Å²) < 4.78 is 2.27. The van der Waals surface area contributed by atoms with Gasteiger partial charge in [0.05, 0.1) is 11.1 Å². The number of nitro groups is 1. The second-order valence-electron chi connectivity index (χ2n) is 6.54. The van der Waals surface area contributed by atoms with Gasteiger partial charge in [-0.15, -0.1) is 0 Å². The Balaban J connectivity index is 1.56. The molecule has 0 fully saturated rings. The summed E-state index contributed by atoms with van der Waals surface area (Å²) in [4.78, 5) is 22.3. The Hall–Kier alpha value is -4.00. The fourth-order valence-corrected chi connectivity index (χ4v) is 3.46. The molecule has 0 saturated heterocycles. The number of hydrogen-bond acceptors (Lipinski definition) is 4. The summed E-state index contributed by atoms with van der Waals surface area (Å²) in [6.45, 7) is 3.00. The second kappa shape index (κ2) is 7.55. The number of hydrazone groups is 1. The lowest BCUT2D eigenvalue weighted by Crippen LogP contribution is -2.17. The van der Waals surface area contributed by atoms with Crippen LogP contribution < -0.4 is 5.43 Å². The Morgan fingerprint density at radius 1 is 1.07 bits per heavy atom. The number of nitro benzene ring substituents is 1. The summed E-state index contributed by atoms with van der Waals surface area (Å²) in [6, 6.07) is 19.7. The van der Waals surface area contributed by atoms with Gasteiger partial charge in [0.25, 0.3) is 11.6 Å². The van der Waals surface area contributed by atoms with E-state index >= 15 is 0 Å². The average molecular weight is 386 g/mol. The van der Waals surface area contributed by atoms with Crippen LogP contribution in [-0.2, 0) is 6.54 Å². The molecule has 0 bridgehead atoms. The van der Waals surface area contributed by atoms with E-state index in [1.165, 1.54) is 35.2 Å². The predicted octanol–water partition coefficient (Wildman–Crippen LogP) is 4.49. The predicted molar refractivity (Wildman–Crippen MR) is 113 cm³/mol. The van der Waals surface area contributed by atoms with Crippen molar-refractivity contribution in [3.63, 3.8) is 0 Å². The fraction of sp³-hybridized carbons (Fsp3) is 0.0909. The number of para-hydroxylation sites is 1. The van der Waals surface area contributed by atoms with E-state index in [2.05, 4.69) is 40.2 Å². The molecule has 0 aliphatic heterocycles. The number of aromatic nitrogens is 1. The maximum Gasteiger partial charge on any atom is 0.271 e. The molecule has 4 rings (SSSR count). The standard InChI is InChI=1S/C22H18N4O3/c1-2-25-20-6-4-3-5-18(20)19-13-15(7-12-21(19)25)14-23-24-22(27)16-8-10-17(11-9-16)26(28)29/h3-14H,2H2,1H3,(H,24,27)/b23-14-. The number of amides is 1. The van der Waals surface area contributed by atoms with Crippen LogP contribution >= 0.6 is 0 Å². The third kappa shape index (κ3) is 3.45. The number of rotatable bonds is 5. The van der Waals surface area contributed by atoms with Gasteiger partial charge in [-0.05, 0) is 42.8 Å². The molecule has 144 valence electrons. The molecule has 0 spiro atoms. The summed E-state index contributed by atoms with van der Waals surface area (Å²) in [5.74, 6) is -0.431. The molecule has 0 aliphatic carbocycles. The van der Waals surface area contributed by atoms with Crippen molar-refractivity contribution in [3.8, 4) is 0 Å². The van der Waals surface area contributed by atoms with Crippen LogP contribution in [0.5, 0.6) is 0 Å². The first-order chi connectivity index (χ1) is 14.1. The van der Waals surface area contributed by atoms with Crippen molar-refractivity contribution in [1.29, 1.82) is 0 Å². The van der Waals surface area contributed by atoms with E-state index in [9.17, 15) is 14.9 Å². The monoisotopic (exact) mass is 386 g/mol. The topological polar surface area (TPSA) is 89.5 Å². The number of fused-ring (bicyclic) bond motifs is 3. The number of aryl methyl sites for hydroxylation is 1. The van der Waals surface area contributed by atoms with Gasteiger partial charge in [0.1, 0.15) is 0 Å². The normalized spacial score (nSPS) is 11.3. The molecule has 0 aliphatic rings. The van der Waals surface area contributed by atoms with Gasteiger partial charge < -0.3 is 4.57 Å². The molecule has 3 aromatic carbocycles. The molecular weight excluding hydrogens is 368 g/mol. The summed E-state index contributed by atoms with van der Waals surface area (Å²) in [7, 11) is 0. The molecule has 29 heavy (non-hydrogen) atoms. The van der Waals surface area contributed by atoms with Gasteiger partial charge in [0.15, 0.2) is 0 Å². The smallest absolute Gasteiger partial charge is 0.271 e. The minimum absolute atomic E-state index is 0.0652. The maximum atomic E-state index is 12.1. The van der Waals surface area contributed by atoms with Crippen molar-refractivity contribution in [1.82, 2.24) is 9.99 Å². The highest BCUT2D eigenvalue weighted by molar-refractivity contribution is 6.09. The number of benzene rings is 3. The van der Waals surface area contributed by atoms with Gasteiger partial charge in [-0.1, -0.05) is 24.3 Å². The first-order valence-electron chi connectivity index (χ1n) is 9.17. The van der Waals surface area contributed by atoms with Gasteiger partial charge in [-0.3, -0.25) is 14.9 Å². The molecule has 1 aromatic heterocycles. The third-order valence-electron chi connectivity index (χ3n) is 4.83. The van der Waals surface area contributed by atoms with Crippen LogP contribution in [0.3, 0.4) is 0 Å². The molecule has 1 amide bonds. The van der Waals surface area contributed by atoms with Crippen molar-refractivity contribution in [2.75, 3.05) is 0 Å². The number of non-ortho nitro benzene ring substituents is 1. The van der Waals surface area contributed by atoms with Gasteiger partial charge in [-0.2, -0.15) is 5.10 Å². The van der Waals surface area contributed by atoms with Crippen molar-refractivity contribution >= 4 is 39.6 Å². The lowest BCUT2D eigenvalue weighted by molar-refractivity contribution is -0.384. The van der Waals surface area contributed by atoms with E-state index in [4.69, 9.17) is 0 Å². The lowest BCUT2D eigenvalue weighted by atomic mass is 10.1. The fourth-order valence-electron chi connectivity index (χ4n) is 3.46. The van der Waals surface area contributed by atoms with Crippen molar-refractivity contribution < 1.29 is 9.72 Å². The van der Waals surface area contributed by atoms with Gasteiger partial charge in [0, 0.05) is 46.0 Å². The number of hydrogen-bond donors (Lipinski definition) is 1. The number of nitrogens with one attached hydrogen (secondary N) is 1. The Bertz CT molecular complexity index is 1260. The number of carbonyl (C=O) groups excluding carboxylic acids is 1. The second-order valence-corrected chi connectivity index (χ2v) is 6.54.